The van der Waals surface area contributed by atoms with Gasteiger partial charge in [0.2, 0.25) is 5.91 Å². The second-order valence-corrected chi connectivity index (χ2v) is 5.38. The first-order chi connectivity index (χ1) is 9.08. The minimum atomic E-state index is -1.08. The van der Waals surface area contributed by atoms with Crippen LogP contribution in [0, 0.1) is 17.8 Å². The van der Waals surface area contributed by atoms with Gasteiger partial charge >= 0.3 is 5.97 Å². The lowest BCUT2D eigenvalue weighted by Crippen LogP contribution is -2.18. The molecule has 2 atom stereocenters. The molecular weight excluding hydrogens is 244 g/mol. The second kappa shape index (κ2) is 4.26. The summed E-state index contributed by atoms with van der Waals surface area (Å²) in [4.78, 5) is 23.2. The normalized spacial score (nSPS) is 27.7. The van der Waals surface area contributed by atoms with E-state index in [-0.39, 0.29) is 17.4 Å². The number of rotatable bonds is 3. The Labute approximate surface area is 110 Å². The van der Waals surface area contributed by atoms with Crippen LogP contribution in [0.5, 0.6) is 0 Å². The Hall–Kier alpha value is -2.04. The third-order valence-corrected chi connectivity index (χ3v) is 4.24. The monoisotopic (exact) mass is 260 g/mol. The van der Waals surface area contributed by atoms with Gasteiger partial charge in [0, 0.05) is 11.6 Å². The van der Waals surface area contributed by atoms with Crippen molar-refractivity contribution in [2.24, 2.45) is 17.8 Å². The standard InChI is InChI=1S/C14H16N2O3/c15-7-4-5-11(10(6-7)14(18)19)16-13(17)12-8-2-1-3-9(8)12/h4-6,8-9,12H,1-3,15H2,(H,16,17)(H,18,19). The fourth-order valence-corrected chi connectivity index (χ4v) is 3.27. The van der Waals surface area contributed by atoms with Crippen molar-refractivity contribution in [1.29, 1.82) is 0 Å². The highest BCUT2D eigenvalue weighted by Gasteiger charge is 2.56. The zero-order chi connectivity index (χ0) is 13.6. The Morgan fingerprint density at radius 2 is 1.95 bits per heavy atom. The average Bonchev–Trinajstić information content (AvgIpc) is 2.85. The molecule has 3 rings (SSSR count). The number of benzene rings is 1. The number of nitrogen functional groups attached to an aromatic ring is 1. The molecule has 2 unspecified atom stereocenters. The van der Waals surface area contributed by atoms with Crippen LogP contribution < -0.4 is 11.1 Å². The molecular formula is C14H16N2O3. The summed E-state index contributed by atoms with van der Waals surface area (Å²) in [7, 11) is 0. The van der Waals surface area contributed by atoms with Crippen LogP contribution in [-0.4, -0.2) is 17.0 Å². The number of hydrogen-bond acceptors (Lipinski definition) is 3. The minimum absolute atomic E-state index is 0.0409. The first-order valence-corrected chi connectivity index (χ1v) is 6.51. The molecule has 100 valence electrons. The average molecular weight is 260 g/mol. The van der Waals surface area contributed by atoms with E-state index in [4.69, 9.17) is 10.8 Å². The Morgan fingerprint density at radius 3 is 2.58 bits per heavy atom. The van der Waals surface area contributed by atoms with Crippen molar-refractivity contribution >= 4 is 23.3 Å². The summed E-state index contributed by atoms with van der Waals surface area (Å²) in [5.74, 6) is -0.0300. The van der Waals surface area contributed by atoms with Crippen LogP contribution in [0.3, 0.4) is 0 Å². The highest BCUT2D eigenvalue weighted by atomic mass is 16.4. The quantitative estimate of drug-likeness (QED) is 0.724. The number of aromatic carboxylic acids is 1. The van der Waals surface area contributed by atoms with Gasteiger partial charge < -0.3 is 16.2 Å². The van der Waals surface area contributed by atoms with Crippen LogP contribution in [0.25, 0.3) is 0 Å². The number of nitrogens with one attached hydrogen (secondary N) is 1. The Balaban J connectivity index is 1.76. The number of carbonyl (C=O) groups is 2. The summed E-state index contributed by atoms with van der Waals surface area (Å²) >= 11 is 0. The molecule has 0 aliphatic heterocycles. The zero-order valence-electron chi connectivity index (χ0n) is 10.4. The van der Waals surface area contributed by atoms with Gasteiger partial charge in [-0.15, -0.1) is 0 Å². The van der Waals surface area contributed by atoms with Gasteiger partial charge in [-0.2, -0.15) is 0 Å². The van der Waals surface area contributed by atoms with E-state index in [1.54, 1.807) is 12.1 Å². The summed E-state index contributed by atoms with van der Waals surface area (Å²) in [5.41, 5.74) is 6.31. The lowest BCUT2D eigenvalue weighted by Gasteiger charge is -2.10. The van der Waals surface area contributed by atoms with E-state index in [0.29, 0.717) is 23.2 Å². The van der Waals surface area contributed by atoms with E-state index >= 15 is 0 Å². The number of anilines is 2. The van der Waals surface area contributed by atoms with Crippen LogP contribution >= 0.6 is 0 Å². The van der Waals surface area contributed by atoms with Gasteiger partial charge in [0.1, 0.15) is 0 Å². The number of carboxylic acid groups (broad SMARTS) is 1. The SMILES string of the molecule is Nc1ccc(NC(=O)C2C3CCCC32)c(C(=O)O)c1. The van der Waals surface area contributed by atoms with E-state index < -0.39 is 5.97 Å². The van der Waals surface area contributed by atoms with Gasteiger partial charge in [-0.05, 0) is 42.9 Å². The largest absolute Gasteiger partial charge is 0.478 e. The first-order valence-electron chi connectivity index (χ1n) is 6.51. The summed E-state index contributed by atoms with van der Waals surface area (Å²) in [6.07, 6.45) is 3.45. The topological polar surface area (TPSA) is 92.4 Å². The van der Waals surface area contributed by atoms with Crippen molar-refractivity contribution in [3.8, 4) is 0 Å². The maximum atomic E-state index is 12.1. The Kier molecular flexibility index (Phi) is 2.69. The maximum absolute atomic E-state index is 12.1. The third kappa shape index (κ3) is 2.05. The maximum Gasteiger partial charge on any atom is 0.337 e. The van der Waals surface area contributed by atoms with Crippen molar-refractivity contribution in [3.63, 3.8) is 0 Å². The van der Waals surface area contributed by atoms with Gasteiger partial charge in [-0.1, -0.05) is 6.42 Å². The van der Waals surface area contributed by atoms with Crippen molar-refractivity contribution < 1.29 is 14.7 Å². The Morgan fingerprint density at radius 1 is 1.26 bits per heavy atom. The van der Waals surface area contributed by atoms with Gasteiger partial charge in [0.25, 0.3) is 0 Å². The molecule has 2 aliphatic rings. The van der Waals surface area contributed by atoms with E-state index in [2.05, 4.69) is 5.32 Å². The molecule has 0 saturated heterocycles. The molecule has 5 heteroatoms. The predicted molar refractivity (Wildman–Crippen MR) is 70.8 cm³/mol. The molecule has 19 heavy (non-hydrogen) atoms. The molecule has 2 aliphatic carbocycles. The molecule has 1 aromatic rings. The summed E-state index contributed by atoms with van der Waals surface area (Å²) in [6, 6.07) is 4.51. The molecule has 0 heterocycles. The number of hydrogen-bond donors (Lipinski definition) is 3. The summed E-state index contributed by atoms with van der Waals surface area (Å²) in [5, 5.41) is 11.8. The van der Waals surface area contributed by atoms with Crippen molar-refractivity contribution in [1.82, 2.24) is 0 Å². The number of fused-ring (bicyclic) bond motifs is 1. The van der Waals surface area contributed by atoms with Crippen LogP contribution in [0.4, 0.5) is 11.4 Å². The van der Waals surface area contributed by atoms with Crippen LogP contribution in [-0.2, 0) is 4.79 Å². The van der Waals surface area contributed by atoms with Crippen molar-refractivity contribution in [2.45, 2.75) is 19.3 Å². The molecule has 4 N–H and O–H groups in total. The van der Waals surface area contributed by atoms with Gasteiger partial charge in [-0.25, -0.2) is 4.79 Å². The van der Waals surface area contributed by atoms with Gasteiger partial charge in [-0.3, -0.25) is 4.79 Å². The molecule has 0 spiro atoms. The number of carboxylic acids is 1. The molecule has 2 saturated carbocycles. The van der Waals surface area contributed by atoms with E-state index in [0.717, 1.165) is 12.8 Å². The van der Waals surface area contributed by atoms with E-state index in [1.165, 1.54) is 12.5 Å². The van der Waals surface area contributed by atoms with Gasteiger partial charge in [0.05, 0.1) is 11.3 Å². The lowest BCUT2D eigenvalue weighted by atomic mass is 10.1. The predicted octanol–water partition coefficient (Wildman–Crippen LogP) is 1.95. The van der Waals surface area contributed by atoms with E-state index in [1.807, 2.05) is 0 Å². The van der Waals surface area contributed by atoms with Crippen molar-refractivity contribution in [3.05, 3.63) is 23.8 Å². The molecule has 5 nitrogen and oxygen atoms in total. The fourth-order valence-electron chi connectivity index (χ4n) is 3.27. The van der Waals surface area contributed by atoms with Crippen molar-refractivity contribution in [2.75, 3.05) is 11.1 Å². The summed E-state index contributed by atoms with van der Waals surface area (Å²) < 4.78 is 0. The molecule has 0 aromatic heterocycles. The van der Waals surface area contributed by atoms with Crippen LogP contribution in [0.1, 0.15) is 29.6 Å². The fraction of sp³-hybridized carbons (Fsp3) is 0.429. The highest BCUT2D eigenvalue weighted by Crippen LogP contribution is 2.57. The number of nitrogens with two attached hydrogens (primary N) is 1. The van der Waals surface area contributed by atoms with Gasteiger partial charge in [0.15, 0.2) is 0 Å². The number of carbonyl (C=O) groups excluding carboxylic acids is 1. The highest BCUT2D eigenvalue weighted by molar-refractivity contribution is 6.02. The summed E-state index contributed by atoms with van der Waals surface area (Å²) in [6.45, 7) is 0. The Bertz CT molecular complexity index is 546. The molecule has 1 aromatic carbocycles. The smallest absolute Gasteiger partial charge is 0.337 e. The second-order valence-electron chi connectivity index (χ2n) is 5.38. The zero-order valence-corrected chi connectivity index (χ0v) is 10.4. The van der Waals surface area contributed by atoms with Crippen LogP contribution in [0.15, 0.2) is 18.2 Å². The molecule has 2 fully saturated rings. The molecule has 1 amide bonds. The molecule has 0 bridgehead atoms. The van der Waals surface area contributed by atoms with E-state index in [9.17, 15) is 9.59 Å². The first kappa shape index (κ1) is 12.0. The molecule has 0 radical (unpaired) electrons. The number of amides is 1. The third-order valence-electron chi connectivity index (χ3n) is 4.24. The van der Waals surface area contributed by atoms with Crippen LogP contribution in [0.2, 0.25) is 0 Å². The minimum Gasteiger partial charge on any atom is -0.478 e. The lowest BCUT2D eigenvalue weighted by molar-refractivity contribution is -0.118.